The van der Waals surface area contributed by atoms with Crippen molar-refractivity contribution in [3.05, 3.63) is 34.6 Å². The maximum Gasteiger partial charge on any atom is 0.226 e. The van der Waals surface area contributed by atoms with E-state index >= 15 is 0 Å². The molecular weight excluding hydrogens is 436 g/mol. The molecule has 0 radical (unpaired) electrons. The third kappa shape index (κ3) is 3.20. The second kappa shape index (κ2) is 7.17. The number of nitrogens with one attached hydrogen (secondary N) is 1. The van der Waals surface area contributed by atoms with E-state index in [9.17, 15) is 4.79 Å². The van der Waals surface area contributed by atoms with Gasteiger partial charge in [-0.25, -0.2) is 0 Å². The Morgan fingerprint density at radius 1 is 1.14 bits per heavy atom. The largest absolute Gasteiger partial charge is 0.348 e. The quantitative estimate of drug-likeness (QED) is 0.662. The van der Waals surface area contributed by atoms with E-state index in [1.807, 2.05) is 35.1 Å². The number of halogens is 1. The molecule has 4 aliphatic carbocycles. The topological polar surface area (TPSA) is 59.8 Å². The van der Waals surface area contributed by atoms with Gasteiger partial charge in [-0.05, 0) is 86.8 Å². The lowest BCUT2D eigenvalue weighted by Crippen LogP contribution is -2.53. The van der Waals surface area contributed by atoms with Gasteiger partial charge in [0.2, 0.25) is 5.91 Å². The average molecular weight is 461 g/mol. The van der Waals surface area contributed by atoms with Gasteiger partial charge in [0.25, 0.3) is 0 Å². The van der Waals surface area contributed by atoms with E-state index in [-0.39, 0.29) is 11.3 Å². The van der Waals surface area contributed by atoms with Crippen LogP contribution in [0.2, 0.25) is 0 Å². The van der Waals surface area contributed by atoms with E-state index in [1.54, 1.807) is 11.8 Å². The number of hydrogen-bond donors (Lipinski definition) is 1. The zero-order chi connectivity index (χ0) is 19.3. The van der Waals surface area contributed by atoms with Gasteiger partial charge in [0.05, 0.1) is 6.54 Å². The number of benzene rings is 1. The SMILES string of the molecule is CSc1nnc(CNC(=O)C23CC4CC(CC(C4)C2)C3)n1-c1ccc(Br)cc1. The Bertz CT molecular complexity index is 859. The van der Waals surface area contributed by atoms with Crippen molar-refractivity contribution in [2.45, 2.75) is 50.2 Å². The molecule has 2 aromatic rings. The lowest BCUT2D eigenvalue weighted by molar-refractivity contribution is -0.146. The van der Waals surface area contributed by atoms with E-state index < -0.39 is 0 Å². The molecule has 1 N–H and O–H groups in total. The number of hydrogen-bond acceptors (Lipinski definition) is 4. The van der Waals surface area contributed by atoms with E-state index in [0.29, 0.717) is 6.54 Å². The molecule has 0 unspecified atom stereocenters. The highest BCUT2D eigenvalue weighted by Crippen LogP contribution is 2.60. The van der Waals surface area contributed by atoms with Crippen molar-refractivity contribution in [3.63, 3.8) is 0 Å². The third-order valence-electron chi connectivity index (χ3n) is 6.89. The minimum Gasteiger partial charge on any atom is -0.348 e. The van der Waals surface area contributed by atoms with Crippen molar-refractivity contribution in [2.24, 2.45) is 23.2 Å². The van der Waals surface area contributed by atoms with Crippen LogP contribution >= 0.6 is 27.7 Å². The molecule has 1 aromatic heterocycles. The smallest absolute Gasteiger partial charge is 0.226 e. The molecule has 0 atom stereocenters. The van der Waals surface area contributed by atoms with Crippen LogP contribution in [0.15, 0.2) is 33.9 Å². The van der Waals surface area contributed by atoms with E-state index in [2.05, 4.69) is 31.4 Å². The molecule has 0 spiro atoms. The highest BCUT2D eigenvalue weighted by atomic mass is 79.9. The van der Waals surface area contributed by atoms with Crippen molar-refractivity contribution in [3.8, 4) is 5.69 Å². The molecule has 4 bridgehead atoms. The molecule has 1 amide bonds. The fourth-order valence-electron chi connectivity index (χ4n) is 6.13. The Morgan fingerprint density at radius 3 is 2.32 bits per heavy atom. The van der Waals surface area contributed by atoms with Gasteiger partial charge in [0, 0.05) is 15.6 Å². The molecule has 5 nitrogen and oxygen atoms in total. The third-order valence-corrected chi connectivity index (χ3v) is 8.05. The van der Waals surface area contributed by atoms with Gasteiger partial charge in [0.1, 0.15) is 0 Å². The molecule has 4 fully saturated rings. The van der Waals surface area contributed by atoms with Crippen LogP contribution in [-0.2, 0) is 11.3 Å². The maximum absolute atomic E-state index is 13.3. The first-order valence-corrected chi connectivity index (χ1v) is 12.1. The summed E-state index contributed by atoms with van der Waals surface area (Å²) >= 11 is 5.05. The molecule has 1 heterocycles. The maximum atomic E-state index is 13.3. The van der Waals surface area contributed by atoms with Crippen molar-refractivity contribution in [1.29, 1.82) is 0 Å². The molecule has 1 aromatic carbocycles. The molecule has 0 aliphatic heterocycles. The number of aromatic nitrogens is 3. The van der Waals surface area contributed by atoms with Crippen LogP contribution in [0.5, 0.6) is 0 Å². The van der Waals surface area contributed by atoms with Crippen LogP contribution in [0, 0.1) is 23.2 Å². The number of carbonyl (C=O) groups is 1. The average Bonchev–Trinajstić information content (AvgIpc) is 3.08. The van der Waals surface area contributed by atoms with Gasteiger partial charge < -0.3 is 5.32 Å². The highest BCUT2D eigenvalue weighted by Gasteiger charge is 2.54. The number of nitrogens with zero attached hydrogens (tertiary/aromatic N) is 3. The number of amides is 1. The van der Waals surface area contributed by atoms with Crippen LogP contribution in [0.1, 0.15) is 44.3 Å². The molecular formula is C21H25BrN4OS. The zero-order valence-corrected chi connectivity index (χ0v) is 18.4. The summed E-state index contributed by atoms with van der Waals surface area (Å²) in [6.45, 7) is 0.421. The van der Waals surface area contributed by atoms with Gasteiger partial charge in [-0.3, -0.25) is 9.36 Å². The molecule has 6 rings (SSSR count). The van der Waals surface area contributed by atoms with E-state index in [0.717, 1.165) is 58.2 Å². The Hall–Kier alpha value is -1.34. The predicted molar refractivity (Wildman–Crippen MR) is 113 cm³/mol. The normalized spacial score (nSPS) is 30.6. The van der Waals surface area contributed by atoms with Crippen LogP contribution in [-0.4, -0.2) is 26.9 Å². The summed E-state index contributed by atoms with van der Waals surface area (Å²) in [5.41, 5.74) is 0.885. The number of carbonyl (C=O) groups excluding carboxylic acids is 1. The van der Waals surface area contributed by atoms with Crippen LogP contribution in [0.25, 0.3) is 5.69 Å². The van der Waals surface area contributed by atoms with Crippen LogP contribution in [0.3, 0.4) is 0 Å². The van der Waals surface area contributed by atoms with Gasteiger partial charge in [-0.1, -0.05) is 27.7 Å². The second-order valence-corrected chi connectivity index (χ2v) is 10.5. The molecule has 7 heteroatoms. The number of thioether (sulfide) groups is 1. The van der Waals surface area contributed by atoms with Gasteiger partial charge in [0.15, 0.2) is 11.0 Å². The van der Waals surface area contributed by atoms with Gasteiger partial charge >= 0.3 is 0 Å². The van der Waals surface area contributed by atoms with Crippen molar-refractivity contribution < 1.29 is 4.79 Å². The van der Waals surface area contributed by atoms with E-state index in [1.165, 1.54) is 19.3 Å². The lowest BCUT2D eigenvalue weighted by atomic mass is 9.49. The summed E-state index contributed by atoms with van der Waals surface area (Å²) in [5.74, 6) is 3.33. The summed E-state index contributed by atoms with van der Waals surface area (Å²) in [6.07, 6.45) is 9.29. The first-order chi connectivity index (χ1) is 13.6. The summed E-state index contributed by atoms with van der Waals surface area (Å²) in [4.78, 5) is 13.3. The second-order valence-electron chi connectivity index (χ2n) is 8.80. The molecule has 4 saturated carbocycles. The molecule has 0 saturated heterocycles. The Morgan fingerprint density at radius 2 is 1.75 bits per heavy atom. The first kappa shape index (κ1) is 18.7. The fraction of sp³-hybridized carbons (Fsp3) is 0.571. The van der Waals surface area contributed by atoms with E-state index in [4.69, 9.17) is 0 Å². The summed E-state index contributed by atoms with van der Waals surface area (Å²) in [7, 11) is 0. The minimum absolute atomic E-state index is 0.125. The lowest BCUT2D eigenvalue weighted by Gasteiger charge is -2.55. The van der Waals surface area contributed by atoms with Crippen LogP contribution in [0.4, 0.5) is 0 Å². The van der Waals surface area contributed by atoms with Gasteiger partial charge in [-0.15, -0.1) is 10.2 Å². The number of rotatable bonds is 5. The van der Waals surface area contributed by atoms with Crippen molar-refractivity contribution in [2.75, 3.05) is 6.26 Å². The molecule has 148 valence electrons. The van der Waals surface area contributed by atoms with Crippen molar-refractivity contribution in [1.82, 2.24) is 20.1 Å². The zero-order valence-electron chi connectivity index (χ0n) is 16.0. The fourth-order valence-corrected chi connectivity index (χ4v) is 6.91. The summed E-state index contributed by atoms with van der Waals surface area (Å²) in [5, 5.41) is 12.8. The molecule has 4 aliphatic rings. The predicted octanol–water partition coefficient (Wildman–Crippen LogP) is 4.58. The Balaban J connectivity index is 1.35. The molecule has 28 heavy (non-hydrogen) atoms. The van der Waals surface area contributed by atoms with Crippen LogP contribution < -0.4 is 5.32 Å². The van der Waals surface area contributed by atoms with Gasteiger partial charge in [-0.2, -0.15) is 0 Å². The standard InChI is InChI=1S/C21H25BrN4OS/c1-28-20-25-24-18(26(20)17-4-2-16(22)3-5-17)12-23-19(27)21-9-13-6-14(10-21)8-15(7-13)11-21/h2-5,13-15H,6-12H2,1H3,(H,23,27). The minimum atomic E-state index is -0.125. The van der Waals surface area contributed by atoms with Crippen molar-refractivity contribution >= 4 is 33.6 Å². The highest BCUT2D eigenvalue weighted by molar-refractivity contribution is 9.10. The first-order valence-electron chi connectivity index (χ1n) is 10.1. The monoisotopic (exact) mass is 460 g/mol. The summed E-state index contributed by atoms with van der Waals surface area (Å²) in [6, 6.07) is 8.10. The Kier molecular flexibility index (Phi) is 4.78. The summed E-state index contributed by atoms with van der Waals surface area (Å²) < 4.78 is 3.07. The Labute approximate surface area is 178 Å².